The van der Waals surface area contributed by atoms with Crippen LogP contribution in [0.5, 0.6) is 5.75 Å². The summed E-state index contributed by atoms with van der Waals surface area (Å²) in [6, 6.07) is 19.0. The zero-order valence-electron chi connectivity index (χ0n) is 21.1. The zero-order chi connectivity index (χ0) is 27.2. The zero-order valence-corrected chi connectivity index (χ0v) is 22.7. The Balaban J connectivity index is 2.07. The molecule has 0 saturated heterocycles. The van der Waals surface area contributed by atoms with Crippen molar-refractivity contribution in [3.05, 3.63) is 88.9 Å². The lowest BCUT2D eigenvalue weighted by Gasteiger charge is -2.32. The molecule has 3 aromatic carbocycles. The smallest absolute Gasteiger partial charge is 0.264 e. The van der Waals surface area contributed by atoms with Gasteiger partial charge in [-0.05, 0) is 55.8 Å². The van der Waals surface area contributed by atoms with E-state index in [4.69, 9.17) is 16.3 Å². The second-order valence-corrected chi connectivity index (χ2v) is 10.7. The molecule has 10 heteroatoms. The van der Waals surface area contributed by atoms with Crippen LogP contribution < -0.4 is 14.4 Å². The Labute approximate surface area is 222 Å². The molecule has 1 atom stereocenters. The number of nitrogens with zero attached hydrogens (tertiary/aromatic N) is 2. The summed E-state index contributed by atoms with van der Waals surface area (Å²) in [5.74, 6) is -0.676. The van der Waals surface area contributed by atoms with E-state index in [1.165, 1.54) is 31.2 Å². The van der Waals surface area contributed by atoms with E-state index in [-0.39, 0.29) is 28.8 Å². The fourth-order valence-electron chi connectivity index (χ4n) is 3.81. The third kappa shape index (κ3) is 6.61. The number of halogens is 1. The highest BCUT2D eigenvalue weighted by Gasteiger charge is 2.33. The number of hydrogen-bond acceptors (Lipinski definition) is 5. The van der Waals surface area contributed by atoms with Crippen LogP contribution >= 0.6 is 11.6 Å². The number of aryl methyl sites for hydroxylation is 1. The summed E-state index contributed by atoms with van der Waals surface area (Å²) in [6.45, 7) is 2.94. The second-order valence-electron chi connectivity index (χ2n) is 8.44. The number of hydrogen-bond donors (Lipinski definition) is 1. The maximum atomic E-state index is 13.8. The number of methoxy groups -OCH3 is 1. The highest BCUT2D eigenvalue weighted by Crippen LogP contribution is 2.32. The molecule has 1 N–H and O–H groups in total. The van der Waals surface area contributed by atoms with Gasteiger partial charge in [0, 0.05) is 18.6 Å². The van der Waals surface area contributed by atoms with Gasteiger partial charge >= 0.3 is 0 Å². The maximum Gasteiger partial charge on any atom is 0.264 e. The van der Waals surface area contributed by atoms with E-state index in [0.29, 0.717) is 10.6 Å². The first kappa shape index (κ1) is 28.0. The summed E-state index contributed by atoms with van der Waals surface area (Å²) in [6.07, 6.45) is 0. The topological polar surface area (TPSA) is 96.0 Å². The summed E-state index contributed by atoms with van der Waals surface area (Å²) in [4.78, 5) is 27.7. The molecule has 0 aliphatic carbocycles. The average molecular weight is 544 g/mol. The molecular weight excluding hydrogens is 514 g/mol. The summed E-state index contributed by atoms with van der Waals surface area (Å²) in [5.41, 5.74) is 1.79. The van der Waals surface area contributed by atoms with Gasteiger partial charge in [-0.3, -0.25) is 13.9 Å². The van der Waals surface area contributed by atoms with E-state index in [2.05, 4.69) is 5.32 Å². The Bertz CT molecular complexity index is 1360. The van der Waals surface area contributed by atoms with Crippen LogP contribution in [0.4, 0.5) is 5.69 Å². The normalized spacial score (nSPS) is 11.9. The van der Waals surface area contributed by atoms with Gasteiger partial charge in [0.15, 0.2) is 0 Å². The standard InChI is InChI=1S/C27H30ClN3O5S/c1-19-12-14-23(15-13-19)37(34,35)31(24-10-5-6-11-25(24)36-4)18-26(32)30(20(2)27(33)29-3)17-21-8-7-9-22(28)16-21/h5-16,20H,17-18H2,1-4H3,(H,29,33)/t20-/m1/s1. The largest absolute Gasteiger partial charge is 0.495 e. The van der Waals surface area contributed by atoms with E-state index in [9.17, 15) is 18.0 Å². The van der Waals surface area contributed by atoms with Crippen molar-refractivity contribution in [1.82, 2.24) is 10.2 Å². The number of likely N-dealkylation sites (N-methyl/N-ethyl adjacent to an activating group) is 1. The van der Waals surface area contributed by atoms with Crippen molar-refractivity contribution in [3.63, 3.8) is 0 Å². The molecule has 37 heavy (non-hydrogen) atoms. The van der Waals surface area contributed by atoms with Crippen molar-refractivity contribution in [1.29, 1.82) is 0 Å². The molecule has 196 valence electrons. The van der Waals surface area contributed by atoms with Crippen molar-refractivity contribution in [2.45, 2.75) is 31.3 Å². The van der Waals surface area contributed by atoms with E-state index < -0.39 is 28.5 Å². The number of sulfonamides is 1. The van der Waals surface area contributed by atoms with E-state index >= 15 is 0 Å². The number of ether oxygens (including phenoxy) is 1. The highest BCUT2D eigenvalue weighted by atomic mass is 35.5. The fraction of sp³-hybridized carbons (Fsp3) is 0.259. The molecule has 0 aliphatic heterocycles. The van der Waals surface area contributed by atoms with Crippen LogP contribution in [0.3, 0.4) is 0 Å². The van der Waals surface area contributed by atoms with Gasteiger partial charge in [0.05, 0.1) is 17.7 Å². The lowest BCUT2D eigenvalue weighted by molar-refractivity contribution is -0.139. The van der Waals surface area contributed by atoms with Gasteiger partial charge in [0.2, 0.25) is 11.8 Å². The third-order valence-electron chi connectivity index (χ3n) is 5.90. The molecule has 0 saturated carbocycles. The van der Waals surface area contributed by atoms with E-state index in [1.807, 2.05) is 6.92 Å². The Hall–Kier alpha value is -3.56. The molecule has 0 unspecified atom stereocenters. The predicted molar refractivity (Wildman–Crippen MR) is 144 cm³/mol. The second kappa shape index (κ2) is 12.1. The van der Waals surface area contributed by atoms with Crippen LogP contribution in [0, 0.1) is 6.92 Å². The van der Waals surface area contributed by atoms with Crippen LogP contribution in [0.2, 0.25) is 5.02 Å². The first-order valence-electron chi connectivity index (χ1n) is 11.6. The number of benzene rings is 3. The summed E-state index contributed by atoms with van der Waals surface area (Å²) >= 11 is 6.13. The summed E-state index contributed by atoms with van der Waals surface area (Å²) in [5, 5.41) is 3.03. The molecule has 2 amide bonds. The van der Waals surface area contributed by atoms with Crippen LogP contribution in [0.1, 0.15) is 18.1 Å². The van der Waals surface area contributed by atoms with Crippen molar-refractivity contribution >= 4 is 39.1 Å². The van der Waals surface area contributed by atoms with Gasteiger partial charge < -0.3 is 15.0 Å². The van der Waals surface area contributed by atoms with Crippen LogP contribution in [-0.4, -0.2) is 51.9 Å². The van der Waals surface area contributed by atoms with Crippen molar-refractivity contribution in [3.8, 4) is 5.75 Å². The summed E-state index contributed by atoms with van der Waals surface area (Å²) in [7, 11) is -1.28. The number of anilines is 1. The fourth-order valence-corrected chi connectivity index (χ4v) is 5.45. The molecule has 0 spiro atoms. The molecule has 8 nitrogen and oxygen atoms in total. The van der Waals surface area contributed by atoms with Gasteiger partial charge in [-0.2, -0.15) is 0 Å². The molecule has 0 aromatic heterocycles. The molecule has 0 radical (unpaired) electrons. The molecule has 0 fully saturated rings. The van der Waals surface area contributed by atoms with Crippen LogP contribution in [-0.2, 0) is 26.2 Å². The van der Waals surface area contributed by atoms with Crippen LogP contribution in [0.25, 0.3) is 0 Å². The molecule has 0 heterocycles. The lowest BCUT2D eigenvalue weighted by atomic mass is 10.1. The number of rotatable bonds is 10. The summed E-state index contributed by atoms with van der Waals surface area (Å²) < 4.78 is 34.1. The number of para-hydroxylation sites is 2. The molecule has 3 rings (SSSR count). The Kier molecular flexibility index (Phi) is 9.18. The number of carbonyl (C=O) groups is 2. The molecule has 3 aromatic rings. The van der Waals surface area contributed by atoms with E-state index in [1.54, 1.807) is 67.6 Å². The number of amides is 2. The number of nitrogens with one attached hydrogen (secondary N) is 1. The van der Waals surface area contributed by atoms with Gasteiger partial charge in [-0.25, -0.2) is 8.42 Å². The third-order valence-corrected chi connectivity index (χ3v) is 7.91. The highest BCUT2D eigenvalue weighted by molar-refractivity contribution is 7.92. The predicted octanol–water partition coefficient (Wildman–Crippen LogP) is 4.02. The van der Waals surface area contributed by atoms with Crippen LogP contribution in [0.15, 0.2) is 77.7 Å². The van der Waals surface area contributed by atoms with Gasteiger partial charge in [-0.15, -0.1) is 0 Å². The minimum atomic E-state index is -4.18. The van der Waals surface area contributed by atoms with Gasteiger partial charge in [0.1, 0.15) is 18.3 Å². The maximum absolute atomic E-state index is 13.8. The average Bonchev–Trinajstić information content (AvgIpc) is 2.89. The minimum Gasteiger partial charge on any atom is -0.495 e. The molecule has 0 aliphatic rings. The van der Waals surface area contributed by atoms with E-state index in [0.717, 1.165) is 9.87 Å². The quantitative estimate of drug-likeness (QED) is 0.417. The Morgan fingerprint density at radius 2 is 1.70 bits per heavy atom. The van der Waals surface area contributed by atoms with Crippen molar-refractivity contribution in [2.24, 2.45) is 0 Å². The Morgan fingerprint density at radius 3 is 2.32 bits per heavy atom. The number of carbonyl (C=O) groups excluding carboxylic acids is 2. The Morgan fingerprint density at radius 1 is 1.03 bits per heavy atom. The molecular formula is C27H30ClN3O5S. The first-order valence-corrected chi connectivity index (χ1v) is 13.4. The first-order chi connectivity index (χ1) is 17.6. The van der Waals surface area contributed by atoms with Crippen molar-refractivity contribution in [2.75, 3.05) is 25.0 Å². The van der Waals surface area contributed by atoms with Gasteiger partial charge in [-0.1, -0.05) is 53.6 Å². The van der Waals surface area contributed by atoms with Gasteiger partial charge in [0.25, 0.3) is 10.0 Å². The SMILES string of the molecule is CNC(=O)[C@@H](C)N(Cc1cccc(Cl)c1)C(=O)CN(c1ccccc1OC)S(=O)(=O)c1ccc(C)cc1. The minimum absolute atomic E-state index is 0.0255. The van der Waals surface area contributed by atoms with Crippen molar-refractivity contribution < 1.29 is 22.7 Å². The monoisotopic (exact) mass is 543 g/mol. The molecule has 0 bridgehead atoms. The lowest BCUT2D eigenvalue weighted by Crippen LogP contribution is -2.50.